The highest BCUT2D eigenvalue weighted by Crippen LogP contribution is 2.30. The lowest BCUT2D eigenvalue weighted by atomic mass is 10.2. The summed E-state index contributed by atoms with van der Waals surface area (Å²) in [7, 11) is 0. The number of anilines is 1. The van der Waals surface area contributed by atoms with E-state index in [4.69, 9.17) is 22.1 Å². The second kappa shape index (κ2) is 5.75. The molecule has 0 fully saturated rings. The van der Waals surface area contributed by atoms with Crippen LogP contribution in [0.4, 0.5) is 14.5 Å². The summed E-state index contributed by atoms with van der Waals surface area (Å²) in [4.78, 5) is 0. The lowest BCUT2D eigenvalue weighted by Gasteiger charge is -2.11. The summed E-state index contributed by atoms with van der Waals surface area (Å²) in [5.74, 6) is -1.52. The Kier molecular flexibility index (Phi) is 4.27. The number of benzene rings is 2. The van der Waals surface area contributed by atoms with Crippen molar-refractivity contribution in [3.63, 3.8) is 0 Å². The van der Waals surface area contributed by atoms with Gasteiger partial charge in [-0.15, -0.1) is 0 Å². The topological polar surface area (TPSA) is 35.2 Å². The number of rotatable bonds is 3. The van der Waals surface area contributed by atoms with E-state index in [1.54, 1.807) is 18.2 Å². The SMILES string of the molecule is Nc1cc(Cl)ccc1COc1c(F)cc(F)cc1Br. The predicted molar refractivity (Wildman–Crippen MR) is 74.3 cm³/mol. The average Bonchev–Trinajstić information content (AvgIpc) is 2.30. The molecular weight excluding hydrogens is 340 g/mol. The Balaban J connectivity index is 2.19. The van der Waals surface area contributed by atoms with Gasteiger partial charge in [0.15, 0.2) is 11.6 Å². The van der Waals surface area contributed by atoms with Crippen molar-refractivity contribution in [3.05, 3.63) is 57.0 Å². The largest absolute Gasteiger partial charge is 0.485 e. The first kappa shape index (κ1) is 14.1. The molecule has 0 aliphatic carbocycles. The fraction of sp³-hybridized carbons (Fsp3) is 0.0769. The summed E-state index contributed by atoms with van der Waals surface area (Å²) in [6, 6.07) is 6.81. The van der Waals surface area contributed by atoms with Crippen LogP contribution in [0.5, 0.6) is 5.75 Å². The minimum atomic E-state index is -0.778. The Morgan fingerprint density at radius 1 is 1.21 bits per heavy atom. The van der Waals surface area contributed by atoms with Crippen LogP contribution in [0, 0.1) is 11.6 Å². The van der Waals surface area contributed by atoms with E-state index in [0.29, 0.717) is 16.3 Å². The average molecular weight is 349 g/mol. The molecule has 0 spiro atoms. The summed E-state index contributed by atoms with van der Waals surface area (Å²) >= 11 is 8.82. The molecule has 0 aliphatic rings. The van der Waals surface area contributed by atoms with Gasteiger partial charge in [0.2, 0.25) is 0 Å². The van der Waals surface area contributed by atoms with Crippen LogP contribution in [0.3, 0.4) is 0 Å². The van der Waals surface area contributed by atoms with Crippen molar-refractivity contribution in [2.75, 3.05) is 5.73 Å². The first-order valence-electron chi connectivity index (χ1n) is 5.28. The van der Waals surface area contributed by atoms with Crippen LogP contribution in [0.25, 0.3) is 0 Å². The van der Waals surface area contributed by atoms with Gasteiger partial charge in [-0.1, -0.05) is 17.7 Å². The zero-order valence-corrected chi connectivity index (χ0v) is 11.9. The quantitative estimate of drug-likeness (QED) is 0.826. The molecule has 0 aromatic heterocycles. The van der Waals surface area contributed by atoms with Crippen molar-refractivity contribution in [1.29, 1.82) is 0 Å². The summed E-state index contributed by atoms with van der Waals surface area (Å²) in [6.45, 7) is 0.0597. The van der Waals surface area contributed by atoms with Gasteiger partial charge < -0.3 is 10.5 Å². The zero-order valence-electron chi connectivity index (χ0n) is 9.59. The van der Waals surface area contributed by atoms with E-state index in [2.05, 4.69) is 15.9 Å². The molecule has 2 nitrogen and oxygen atoms in total. The first-order valence-corrected chi connectivity index (χ1v) is 6.45. The van der Waals surface area contributed by atoms with Crippen molar-refractivity contribution in [3.8, 4) is 5.75 Å². The van der Waals surface area contributed by atoms with Gasteiger partial charge in [0.1, 0.15) is 12.4 Å². The molecule has 100 valence electrons. The van der Waals surface area contributed by atoms with Crippen molar-refractivity contribution in [2.45, 2.75) is 6.61 Å². The Hall–Kier alpha value is -1.33. The number of nitrogen functional groups attached to an aromatic ring is 1. The van der Waals surface area contributed by atoms with Crippen LogP contribution in [0.2, 0.25) is 5.02 Å². The van der Waals surface area contributed by atoms with Crippen molar-refractivity contribution >= 4 is 33.2 Å². The maximum absolute atomic E-state index is 13.5. The number of hydrogen-bond acceptors (Lipinski definition) is 2. The van der Waals surface area contributed by atoms with E-state index in [9.17, 15) is 8.78 Å². The van der Waals surface area contributed by atoms with Gasteiger partial charge >= 0.3 is 0 Å². The third-order valence-corrected chi connectivity index (χ3v) is 3.27. The lowest BCUT2D eigenvalue weighted by molar-refractivity contribution is 0.288. The summed E-state index contributed by atoms with van der Waals surface area (Å²) in [5.41, 5.74) is 6.87. The normalized spacial score (nSPS) is 10.5. The molecule has 0 atom stereocenters. The molecule has 19 heavy (non-hydrogen) atoms. The maximum atomic E-state index is 13.5. The third kappa shape index (κ3) is 3.36. The van der Waals surface area contributed by atoms with Crippen molar-refractivity contribution < 1.29 is 13.5 Å². The summed E-state index contributed by atoms with van der Waals surface area (Å²) in [5, 5.41) is 0.510. The number of halogens is 4. The maximum Gasteiger partial charge on any atom is 0.169 e. The lowest BCUT2D eigenvalue weighted by Crippen LogP contribution is -2.02. The molecule has 0 heterocycles. The van der Waals surface area contributed by atoms with Crippen LogP contribution in [-0.2, 0) is 6.61 Å². The Morgan fingerprint density at radius 3 is 2.58 bits per heavy atom. The van der Waals surface area contributed by atoms with Gasteiger partial charge in [-0.3, -0.25) is 0 Å². The highest BCUT2D eigenvalue weighted by molar-refractivity contribution is 9.10. The Morgan fingerprint density at radius 2 is 1.95 bits per heavy atom. The Labute approximate surface area is 122 Å². The fourth-order valence-corrected chi connectivity index (χ4v) is 2.22. The van der Waals surface area contributed by atoms with E-state index < -0.39 is 11.6 Å². The second-order valence-electron chi connectivity index (χ2n) is 3.83. The van der Waals surface area contributed by atoms with Crippen LogP contribution in [0.15, 0.2) is 34.8 Å². The molecule has 2 aromatic carbocycles. The van der Waals surface area contributed by atoms with Crippen molar-refractivity contribution in [1.82, 2.24) is 0 Å². The van der Waals surface area contributed by atoms with Crippen molar-refractivity contribution in [2.24, 2.45) is 0 Å². The van der Waals surface area contributed by atoms with Crippen LogP contribution < -0.4 is 10.5 Å². The molecular formula is C13H9BrClF2NO. The minimum Gasteiger partial charge on any atom is -0.485 e. The number of hydrogen-bond donors (Lipinski definition) is 1. The van der Waals surface area contributed by atoms with E-state index >= 15 is 0 Å². The van der Waals surface area contributed by atoms with Crippen LogP contribution in [-0.4, -0.2) is 0 Å². The standard InChI is InChI=1S/C13H9BrClF2NO/c14-10-4-9(16)5-11(17)13(10)19-6-7-1-2-8(15)3-12(7)18/h1-5H,6,18H2. The van der Waals surface area contributed by atoms with Crippen LogP contribution >= 0.6 is 27.5 Å². The first-order chi connectivity index (χ1) is 8.97. The molecule has 0 amide bonds. The molecule has 0 bridgehead atoms. The second-order valence-corrected chi connectivity index (χ2v) is 5.12. The molecule has 6 heteroatoms. The molecule has 0 aliphatic heterocycles. The minimum absolute atomic E-state index is 0.0595. The van der Waals surface area contributed by atoms with Gasteiger partial charge in [0, 0.05) is 22.3 Å². The highest BCUT2D eigenvalue weighted by Gasteiger charge is 2.12. The summed E-state index contributed by atoms with van der Waals surface area (Å²) in [6.07, 6.45) is 0. The van der Waals surface area contributed by atoms with Gasteiger partial charge in [-0.2, -0.15) is 0 Å². The molecule has 0 unspecified atom stereocenters. The van der Waals surface area contributed by atoms with Gasteiger partial charge in [-0.05, 0) is 34.1 Å². The fourth-order valence-electron chi connectivity index (χ4n) is 1.51. The van der Waals surface area contributed by atoms with E-state index in [-0.39, 0.29) is 16.8 Å². The molecule has 2 N–H and O–H groups in total. The van der Waals surface area contributed by atoms with E-state index in [0.717, 1.165) is 12.1 Å². The smallest absolute Gasteiger partial charge is 0.169 e. The predicted octanol–water partition coefficient (Wildman–Crippen LogP) is 4.54. The molecule has 0 saturated carbocycles. The highest BCUT2D eigenvalue weighted by atomic mass is 79.9. The molecule has 2 rings (SSSR count). The van der Waals surface area contributed by atoms with E-state index in [1.165, 1.54) is 0 Å². The number of nitrogens with two attached hydrogens (primary N) is 1. The molecule has 0 radical (unpaired) electrons. The number of ether oxygens (including phenoxy) is 1. The summed E-state index contributed by atoms with van der Waals surface area (Å²) < 4.78 is 32.0. The Bertz CT molecular complexity index is 599. The van der Waals surface area contributed by atoms with Gasteiger partial charge in [0.25, 0.3) is 0 Å². The molecule has 0 saturated heterocycles. The monoisotopic (exact) mass is 347 g/mol. The molecule has 2 aromatic rings. The van der Waals surface area contributed by atoms with E-state index in [1.807, 2.05) is 0 Å². The van der Waals surface area contributed by atoms with Crippen LogP contribution in [0.1, 0.15) is 5.56 Å². The van der Waals surface area contributed by atoms with Gasteiger partial charge in [-0.25, -0.2) is 8.78 Å². The van der Waals surface area contributed by atoms with Gasteiger partial charge in [0.05, 0.1) is 4.47 Å². The third-order valence-electron chi connectivity index (χ3n) is 2.44. The zero-order chi connectivity index (χ0) is 14.0.